The van der Waals surface area contributed by atoms with E-state index in [-0.39, 0.29) is 5.91 Å². The van der Waals surface area contributed by atoms with E-state index in [1.54, 1.807) is 0 Å². The summed E-state index contributed by atoms with van der Waals surface area (Å²) in [6, 6.07) is 52.5. The summed E-state index contributed by atoms with van der Waals surface area (Å²) in [5.41, 5.74) is 18.1. The Hall–Kier alpha value is -9.59. The van der Waals surface area contributed by atoms with E-state index in [9.17, 15) is 4.79 Å². The highest BCUT2D eigenvalue weighted by Gasteiger charge is 2.21. The van der Waals surface area contributed by atoms with E-state index in [4.69, 9.17) is 46.8 Å². The number of para-hydroxylation sites is 6. The fourth-order valence-electron chi connectivity index (χ4n) is 8.55. The van der Waals surface area contributed by atoms with Crippen LogP contribution in [0.1, 0.15) is 6.92 Å². The van der Waals surface area contributed by atoms with Crippen molar-refractivity contribution in [1.29, 1.82) is 5.53 Å². The van der Waals surface area contributed by atoms with Crippen LogP contribution < -0.4 is 10.2 Å². The van der Waals surface area contributed by atoms with Crippen LogP contribution in [0.5, 0.6) is 0 Å². The van der Waals surface area contributed by atoms with Crippen molar-refractivity contribution in [1.82, 2.24) is 0 Å². The van der Waals surface area contributed by atoms with Gasteiger partial charge in [-0.2, -0.15) is 5.53 Å². The summed E-state index contributed by atoms with van der Waals surface area (Å²) >= 11 is 10.7. The molecule has 0 saturated heterocycles. The molecule has 0 fully saturated rings. The maximum Gasteiger partial charge on any atom is 0.221 e. The van der Waals surface area contributed by atoms with E-state index < -0.39 is 0 Å². The molecule has 12 rings (SSSR count). The Balaban J connectivity index is 0.000000133. The third kappa shape index (κ3) is 8.87. The van der Waals surface area contributed by atoms with Gasteiger partial charge < -0.3 is 23.0 Å². The van der Waals surface area contributed by atoms with Crippen molar-refractivity contribution in [2.75, 3.05) is 10.2 Å². The van der Waals surface area contributed by atoms with Crippen molar-refractivity contribution in [2.24, 2.45) is 56.9 Å². The fourth-order valence-corrected chi connectivity index (χ4v) is 8.73. The molecule has 4 aromatic heterocycles. The molecular formula is C50H32Cl2N14O5. The maximum atomic E-state index is 11.7. The van der Waals surface area contributed by atoms with Gasteiger partial charge in [0.2, 0.25) is 5.91 Å². The molecule has 0 bridgehead atoms. The van der Waals surface area contributed by atoms with Crippen molar-refractivity contribution in [3.8, 4) is 22.3 Å². The highest BCUT2D eigenvalue weighted by atomic mass is 35.5. The topological polar surface area (TPSA) is 254 Å². The SMILES string of the molecule is CC(=O)Nc1ccc(-c2cccc3c2oc2ccccc23)c2c1oc1ccccc12.ClNc1ccc(-c2cccc3c2oc2ccccc23)c2c1oc1ccccc12.N=N/N=N/N=N/N=N/N=N/N=NCl. The molecule has 346 valence electrons. The molecule has 0 aliphatic rings. The Labute approximate surface area is 408 Å². The number of halogens is 2. The van der Waals surface area contributed by atoms with Gasteiger partial charge in [-0.05, 0) is 99.8 Å². The van der Waals surface area contributed by atoms with Crippen molar-refractivity contribution in [3.05, 3.63) is 158 Å². The zero-order chi connectivity index (χ0) is 48.7. The van der Waals surface area contributed by atoms with Gasteiger partial charge in [0.05, 0.1) is 23.2 Å². The van der Waals surface area contributed by atoms with E-state index in [0.717, 1.165) is 110 Å². The van der Waals surface area contributed by atoms with Crippen LogP contribution in [0, 0.1) is 5.53 Å². The number of furan rings is 4. The second-order valence-electron chi connectivity index (χ2n) is 15.2. The highest BCUT2D eigenvalue weighted by molar-refractivity contribution is 6.28. The average molecular weight is 980 g/mol. The van der Waals surface area contributed by atoms with Gasteiger partial charge in [0.15, 0.2) is 11.2 Å². The third-order valence-corrected chi connectivity index (χ3v) is 11.5. The molecule has 0 unspecified atom stereocenters. The number of carbonyl (C=O) groups is 1. The standard InChI is InChI=1S/C26H17NO3.C24H14ClNO2.ClHN12/c1-15(28)27-21-14-13-17(24-20-8-3-5-12-23(20)30-26(21)24)19-10-6-9-18-16-7-2-4-11-22(16)29-25(18)19;25-26-19-13-12-15(22-18-7-2-4-11-21(18)28-24(19)22)17-9-5-8-16-14-6-1-3-10-20(14)27-23(16)17;1-3-5-7-9-11-13-12-10-8-6-4-2/h2-14H,1H3,(H,27,28);1-13,26H;2H/b;;4-2?,5-3?,8-6+,9-7+,12-10+,13-11+. The summed E-state index contributed by atoms with van der Waals surface area (Å²) in [5, 5.41) is 39.9. The molecule has 0 radical (unpaired) electrons. The normalized spacial score (nSPS) is 12.0. The summed E-state index contributed by atoms with van der Waals surface area (Å²) in [4.78, 5) is 14.5. The molecule has 71 heavy (non-hydrogen) atoms. The van der Waals surface area contributed by atoms with Crippen LogP contribution in [0.25, 0.3) is 110 Å². The van der Waals surface area contributed by atoms with Gasteiger partial charge in [-0.15, -0.1) is 0 Å². The second-order valence-corrected chi connectivity index (χ2v) is 15.6. The quantitative estimate of drug-likeness (QED) is 0.0719. The van der Waals surface area contributed by atoms with E-state index in [1.807, 2.05) is 97.1 Å². The van der Waals surface area contributed by atoms with Crippen LogP contribution in [0.15, 0.2) is 232 Å². The van der Waals surface area contributed by atoms with Crippen LogP contribution in [0.4, 0.5) is 11.4 Å². The lowest BCUT2D eigenvalue weighted by molar-refractivity contribution is -0.114. The minimum Gasteiger partial charge on any atom is -0.455 e. The number of hydrogen-bond acceptors (Lipinski definition) is 8. The molecule has 0 atom stereocenters. The zero-order valence-electron chi connectivity index (χ0n) is 36.7. The van der Waals surface area contributed by atoms with Crippen LogP contribution in [0.2, 0.25) is 0 Å². The summed E-state index contributed by atoms with van der Waals surface area (Å²) in [5.74, 6) is -0.135. The van der Waals surface area contributed by atoms with Crippen LogP contribution in [-0.4, -0.2) is 5.91 Å². The first-order chi connectivity index (χ1) is 35.0. The van der Waals surface area contributed by atoms with Gasteiger partial charge in [-0.25, -0.2) is 0 Å². The lowest BCUT2D eigenvalue weighted by Crippen LogP contribution is -2.05. The summed E-state index contributed by atoms with van der Waals surface area (Å²) < 4.78 is 27.5. The van der Waals surface area contributed by atoms with Gasteiger partial charge in [0.1, 0.15) is 33.5 Å². The molecular weight excluding hydrogens is 948 g/mol. The zero-order valence-corrected chi connectivity index (χ0v) is 38.2. The largest absolute Gasteiger partial charge is 0.455 e. The maximum absolute atomic E-state index is 11.7. The Kier molecular flexibility index (Phi) is 12.9. The number of nitrogens with zero attached hydrogens (tertiary/aromatic N) is 11. The van der Waals surface area contributed by atoms with Gasteiger partial charge in [0, 0.05) is 72.9 Å². The van der Waals surface area contributed by atoms with Gasteiger partial charge in [0.25, 0.3) is 0 Å². The minimum atomic E-state index is -0.135. The smallest absolute Gasteiger partial charge is 0.221 e. The number of fused-ring (bicyclic) bond motifs is 12. The molecule has 0 aliphatic heterocycles. The molecule has 0 aliphatic carbocycles. The fraction of sp³-hybridized carbons (Fsp3) is 0.0200. The Bertz CT molecular complexity index is 4140. The molecule has 0 spiro atoms. The van der Waals surface area contributed by atoms with Crippen molar-refractivity contribution in [3.63, 3.8) is 0 Å². The van der Waals surface area contributed by atoms with Crippen molar-refractivity contribution < 1.29 is 22.5 Å². The van der Waals surface area contributed by atoms with Crippen LogP contribution >= 0.6 is 23.6 Å². The molecule has 8 aromatic carbocycles. The van der Waals surface area contributed by atoms with Gasteiger partial charge >= 0.3 is 0 Å². The molecule has 21 heteroatoms. The van der Waals surface area contributed by atoms with E-state index >= 15 is 0 Å². The molecule has 1 amide bonds. The predicted octanol–water partition coefficient (Wildman–Crippen LogP) is 17.8. The lowest BCUT2D eigenvalue weighted by Gasteiger charge is -2.09. The first-order valence-electron chi connectivity index (χ1n) is 21.3. The van der Waals surface area contributed by atoms with E-state index in [1.165, 1.54) is 6.92 Å². The van der Waals surface area contributed by atoms with Crippen molar-refractivity contribution in [2.45, 2.75) is 6.92 Å². The molecule has 19 nitrogen and oxygen atoms in total. The number of anilines is 2. The van der Waals surface area contributed by atoms with Crippen LogP contribution in [-0.2, 0) is 4.79 Å². The Morgan fingerprint density at radius 2 is 0.803 bits per heavy atom. The first kappa shape index (κ1) is 45.2. The Morgan fingerprint density at radius 3 is 1.25 bits per heavy atom. The first-order valence-corrected chi connectivity index (χ1v) is 22.0. The lowest BCUT2D eigenvalue weighted by atomic mass is 9.97. The number of carbonyl (C=O) groups excluding carboxylic acids is 1. The van der Waals surface area contributed by atoms with Gasteiger partial charge in [-0.3, -0.25) is 9.63 Å². The third-order valence-electron chi connectivity index (χ3n) is 11.3. The van der Waals surface area contributed by atoms with E-state index in [0.29, 0.717) is 11.3 Å². The number of rotatable bonds is 9. The number of amides is 1. The Morgan fingerprint density at radius 1 is 0.423 bits per heavy atom. The van der Waals surface area contributed by atoms with Gasteiger partial charge in [-0.1, -0.05) is 126 Å². The summed E-state index contributed by atoms with van der Waals surface area (Å²) in [6.45, 7) is 1.50. The predicted molar refractivity (Wildman–Crippen MR) is 272 cm³/mol. The number of nitrogens with one attached hydrogen (secondary N) is 3. The molecule has 12 aromatic rings. The number of hydrogen-bond donors (Lipinski definition) is 3. The molecule has 4 heterocycles. The minimum absolute atomic E-state index is 0.135. The second kappa shape index (κ2) is 20.3. The number of benzene rings is 8. The summed E-state index contributed by atoms with van der Waals surface area (Å²) in [6.07, 6.45) is 0. The van der Waals surface area contributed by atoms with Crippen LogP contribution in [0.3, 0.4) is 0 Å². The molecule has 0 saturated carbocycles. The summed E-state index contributed by atoms with van der Waals surface area (Å²) in [7, 11) is 0. The highest BCUT2D eigenvalue weighted by Crippen LogP contribution is 2.45. The monoisotopic (exact) mass is 978 g/mol. The average Bonchev–Trinajstić information content (AvgIpc) is 4.19. The van der Waals surface area contributed by atoms with E-state index in [2.05, 4.69) is 128 Å². The molecule has 3 N–H and O–H groups in total. The van der Waals surface area contributed by atoms with Crippen molar-refractivity contribution >= 4 is 129 Å².